The summed E-state index contributed by atoms with van der Waals surface area (Å²) >= 11 is 0. The molecule has 2 rings (SSSR count). The van der Waals surface area contributed by atoms with Crippen molar-refractivity contribution in [1.29, 1.82) is 0 Å². The van der Waals surface area contributed by atoms with Gasteiger partial charge in [0, 0.05) is 12.1 Å². The predicted molar refractivity (Wildman–Crippen MR) is 96.6 cm³/mol. The highest BCUT2D eigenvalue weighted by Gasteiger charge is 2.49. The van der Waals surface area contributed by atoms with Crippen LogP contribution in [0.15, 0.2) is 0 Å². The minimum atomic E-state index is -4.87. The van der Waals surface area contributed by atoms with Crippen molar-refractivity contribution in [3.8, 4) is 0 Å². The second-order valence-corrected chi connectivity index (χ2v) is 8.96. The molecule has 14 heteroatoms. The Labute approximate surface area is 168 Å². The molecule has 0 aromatic heterocycles. The number of nitrogens with one attached hydrogen (secondary N) is 1. The van der Waals surface area contributed by atoms with Crippen LogP contribution in [0.4, 0.5) is 9.59 Å². The van der Waals surface area contributed by atoms with Crippen molar-refractivity contribution in [2.24, 2.45) is 0 Å². The number of hydrogen-bond donors (Lipinski definition) is 3. The van der Waals surface area contributed by atoms with Crippen molar-refractivity contribution in [2.75, 3.05) is 13.2 Å². The summed E-state index contributed by atoms with van der Waals surface area (Å²) in [6.07, 6.45) is -0.612. The number of fused-ring (bicyclic) bond motifs is 2. The van der Waals surface area contributed by atoms with E-state index in [1.165, 1.54) is 4.90 Å². The molecule has 2 fully saturated rings. The molecule has 29 heavy (non-hydrogen) atoms. The molecular weight excluding hydrogens is 412 g/mol. The number of hydrogen-bond acceptors (Lipinski definition) is 7. The van der Waals surface area contributed by atoms with Crippen molar-refractivity contribution in [3.63, 3.8) is 0 Å². The minimum Gasteiger partial charge on any atom is -0.465 e. The van der Waals surface area contributed by atoms with E-state index in [4.69, 9.17) is 9.39 Å². The SMILES string of the molecule is C[C@H](CONC(=O)[C@@H]1CC[C@@H]2CN1C(=O)N2OS(=O)(=O)O)N(C(=O)O)C(C)(C)C. The van der Waals surface area contributed by atoms with Crippen LogP contribution in [0, 0.1) is 0 Å². The van der Waals surface area contributed by atoms with E-state index in [1.807, 2.05) is 0 Å². The van der Waals surface area contributed by atoms with Crippen molar-refractivity contribution in [2.45, 2.75) is 64.2 Å². The summed E-state index contributed by atoms with van der Waals surface area (Å²) in [6.45, 7) is 6.76. The molecule has 13 nitrogen and oxygen atoms in total. The van der Waals surface area contributed by atoms with Crippen molar-refractivity contribution < 1.29 is 41.6 Å². The second-order valence-electron chi connectivity index (χ2n) is 7.96. The molecule has 166 valence electrons. The molecule has 0 aromatic rings. The van der Waals surface area contributed by atoms with Gasteiger partial charge in [0.1, 0.15) is 6.04 Å². The highest BCUT2D eigenvalue weighted by Crippen LogP contribution is 2.30. The number of urea groups is 1. The molecular formula is C15H26N4O9S. The number of rotatable bonds is 7. The molecule has 2 heterocycles. The van der Waals surface area contributed by atoms with Crippen LogP contribution in [0.3, 0.4) is 0 Å². The molecule has 4 amide bonds. The molecule has 2 saturated heterocycles. The lowest BCUT2D eigenvalue weighted by Gasteiger charge is -2.37. The van der Waals surface area contributed by atoms with Crippen LogP contribution in [0.1, 0.15) is 40.5 Å². The normalized spacial score (nSPS) is 23.1. The molecule has 3 N–H and O–H groups in total. The standard InChI is InChI=1S/C15H26N4O9S/c1-9(18(14(22)23)15(2,3)4)8-27-16-12(20)11-6-5-10-7-17(11)13(21)19(10)28-29(24,25)26/h9-11H,5-8H2,1-4H3,(H,16,20)(H,22,23)(H,24,25,26)/t9-,10-,11+/m1/s1. The van der Waals surface area contributed by atoms with Crippen molar-refractivity contribution >= 4 is 28.4 Å². The van der Waals surface area contributed by atoms with E-state index < -0.39 is 52.1 Å². The molecule has 2 aliphatic rings. The molecule has 2 bridgehead atoms. The average Bonchev–Trinajstić information content (AvgIpc) is 2.76. The summed E-state index contributed by atoms with van der Waals surface area (Å²) in [4.78, 5) is 43.6. The Hall–Kier alpha value is -2.16. The Balaban J connectivity index is 1.92. The number of carbonyl (C=O) groups excluding carboxylic acids is 2. The van der Waals surface area contributed by atoms with Crippen LogP contribution in [0.25, 0.3) is 0 Å². The summed E-state index contributed by atoms with van der Waals surface area (Å²) in [6, 6.07) is -2.94. The van der Waals surface area contributed by atoms with E-state index in [1.54, 1.807) is 27.7 Å². The molecule has 0 aromatic carbocycles. The first kappa shape index (κ1) is 23.1. The van der Waals surface area contributed by atoms with Gasteiger partial charge in [-0.05, 0) is 40.5 Å². The molecule has 0 saturated carbocycles. The van der Waals surface area contributed by atoms with Crippen LogP contribution >= 0.6 is 0 Å². The van der Waals surface area contributed by atoms with Gasteiger partial charge >= 0.3 is 22.5 Å². The van der Waals surface area contributed by atoms with Crippen LogP contribution in [0.5, 0.6) is 0 Å². The van der Waals surface area contributed by atoms with Crippen LogP contribution in [-0.4, -0.2) is 87.8 Å². The molecule has 0 spiro atoms. The second kappa shape index (κ2) is 8.30. The Morgan fingerprint density at radius 1 is 1.34 bits per heavy atom. The summed E-state index contributed by atoms with van der Waals surface area (Å²) in [5.41, 5.74) is 1.54. The summed E-state index contributed by atoms with van der Waals surface area (Å²) in [7, 11) is -4.87. The van der Waals surface area contributed by atoms with Gasteiger partial charge < -0.3 is 10.0 Å². The highest BCUT2D eigenvalue weighted by atomic mass is 32.3. The lowest BCUT2D eigenvalue weighted by molar-refractivity contribution is -0.140. The van der Waals surface area contributed by atoms with E-state index >= 15 is 0 Å². The van der Waals surface area contributed by atoms with E-state index in [0.29, 0.717) is 5.06 Å². The third-order valence-corrected chi connectivity index (χ3v) is 5.02. The number of hydroxylamine groups is 3. The van der Waals surface area contributed by atoms with Gasteiger partial charge in [-0.1, -0.05) is 0 Å². The molecule has 2 aliphatic heterocycles. The zero-order chi connectivity index (χ0) is 22.1. The van der Waals surface area contributed by atoms with E-state index in [9.17, 15) is 27.9 Å². The summed E-state index contributed by atoms with van der Waals surface area (Å²) in [5, 5.41) is 9.90. The summed E-state index contributed by atoms with van der Waals surface area (Å²) in [5.74, 6) is -0.629. The minimum absolute atomic E-state index is 0.0552. The maximum absolute atomic E-state index is 12.4. The van der Waals surface area contributed by atoms with Crippen LogP contribution < -0.4 is 5.48 Å². The summed E-state index contributed by atoms with van der Waals surface area (Å²) < 4.78 is 34.9. The van der Waals surface area contributed by atoms with E-state index in [2.05, 4.69) is 9.76 Å². The van der Waals surface area contributed by atoms with Gasteiger partial charge in [0.05, 0.1) is 18.7 Å². The Bertz CT molecular complexity index is 766. The smallest absolute Gasteiger partial charge is 0.418 e. The number of nitrogens with zero attached hydrogens (tertiary/aromatic N) is 3. The first-order valence-corrected chi connectivity index (χ1v) is 10.3. The molecule has 0 radical (unpaired) electrons. The number of piperidine rings is 1. The van der Waals surface area contributed by atoms with Gasteiger partial charge in [-0.3, -0.25) is 19.1 Å². The first-order chi connectivity index (χ1) is 13.2. The number of amides is 4. The quantitative estimate of drug-likeness (QED) is 0.372. The lowest BCUT2D eigenvalue weighted by Crippen LogP contribution is -2.53. The predicted octanol–water partition coefficient (Wildman–Crippen LogP) is 0.204. The maximum Gasteiger partial charge on any atom is 0.418 e. The van der Waals surface area contributed by atoms with E-state index in [0.717, 1.165) is 4.90 Å². The third kappa shape index (κ3) is 5.46. The molecule has 0 unspecified atom stereocenters. The Morgan fingerprint density at radius 3 is 2.48 bits per heavy atom. The van der Waals surface area contributed by atoms with Gasteiger partial charge in [0.15, 0.2) is 0 Å². The monoisotopic (exact) mass is 438 g/mol. The fraction of sp³-hybridized carbons (Fsp3) is 0.800. The fourth-order valence-electron chi connectivity index (χ4n) is 3.62. The third-order valence-electron chi connectivity index (χ3n) is 4.67. The van der Waals surface area contributed by atoms with Crippen molar-refractivity contribution in [3.05, 3.63) is 0 Å². The van der Waals surface area contributed by atoms with Crippen molar-refractivity contribution in [1.82, 2.24) is 20.3 Å². The Kier molecular flexibility index (Phi) is 6.61. The highest BCUT2D eigenvalue weighted by molar-refractivity contribution is 7.80. The first-order valence-electron chi connectivity index (χ1n) is 8.93. The molecule has 3 atom stereocenters. The zero-order valence-corrected chi connectivity index (χ0v) is 17.4. The maximum atomic E-state index is 12.4. The van der Waals surface area contributed by atoms with Crippen LogP contribution in [-0.2, 0) is 24.3 Å². The van der Waals surface area contributed by atoms with Gasteiger partial charge in [0.25, 0.3) is 5.91 Å². The van der Waals surface area contributed by atoms with Gasteiger partial charge in [-0.25, -0.2) is 15.1 Å². The average molecular weight is 438 g/mol. The molecule has 0 aliphatic carbocycles. The fourth-order valence-corrected chi connectivity index (χ4v) is 4.01. The topological polar surface area (TPSA) is 166 Å². The van der Waals surface area contributed by atoms with Gasteiger partial charge in [-0.2, -0.15) is 13.5 Å². The largest absolute Gasteiger partial charge is 0.465 e. The van der Waals surface area contributed by atoms with E-state index in [-0.39, 0.29) is 26.0 Å². The zero-order valence-electron chi connectivity index (χ0n) is 16.6. The number of carbonyl (C=O) groups is 3. The van der Waals surface area contributed by atoms with Crippen LogP contribution in [0.2, 0.25) is 0 Å². The van der Waals surface area contributed by atoms with Gasteiger partial charge in [0.2, 0.25) is 0 Å². The van der Waals surface area contributed by atoms with Gasteiger partial charge in [-0.15, -0.1) is 4.28 Å². The lowest BCUT2D eigenvalue weighted by atomic mass is 10.0. The number of carboxylic acid groups (broad SMARTS) is 1. The Morgan fingerprint density at radius 2 is 1.97 bits per heavy atom.